The Labute approximate surface area is 65.4 Å². The van der Waals surface area contributed by atoms with Gasteiger partial charge in [0.15, 0.2) is 5.11 Å². The highest BCUT2D eigenvalue weighted by Crippen LogP contribution is 2.10. The number of hydrogen-bond acceptors (Lipinski definition) is 1. The maximum Gasteiger partial charge on any atom is 0.169 e. The maximum atomic E-state index is 12.2. The van der Waals surface area contributed by atoms with E-state index >= 15 is 0 Å². The summed E-state index contributed by atoms with van der Waals surface area (Å²) >= 11 is 4.93. The summed E-state index contributed by atoms with van der Waals surface area (Å²) in [7, 11) is 0. The maximum absolute atomic E-state index is 12.2. The van der Waals surface area contributed by atoms with Gasteiger partial charge in [0.25, 0.3) is 0 Å². The van der Waals surface area contributed by atoms with Crippen LogP contribution < -0.4 is 5.32 Å². The Morgan fingerprint density at radius 3 is 2.80 bits per heavy atom. The van der Waals surface area contributed by atoms with E-state index < -0.39 is 6.17 Å². The number of hydrogen-bond donors (Lipinski definition) is 1. The lowest BCUT2D eigenvalue weighted by atomic mass is 10.2. The summed E-state index contributed by atoms with van der Waals surface area (Å²) in [5.74, 6) is 0. The molecule has 0 saturated carbocycles. The highest BCUT2D eigenvalue weighted by molar-refractivity contribution is 7.80. The molecule has 10 heavy (non-hydrogen) atoms. The van der Waals surface area contributed by atoms with E-state index in [2.05, 4.69) is 5.32 Å². The third-order valence-electron chi connectivity index (χ3n) is 1.45. The van der Waals surface area contributed by atoms with E-state index in [0.29, 0.717) is 18.2 Å². The molecule has 1 heterocycles. The highest BCUT2D eigenvalue weighted by Gasteiger charge is 2.27. The van der Waals surface area contributed by atoms with E-state index in [1.54, 1.807) is 0 Å². The van der Waals surface area contributed by atoms with Crippen LogP contribution in [-0.2, 0) is 0 Å². The molecule has 0 radical (unpaired) electrons. The van der Waals surface area contributed by atoms with Gasteiger partial charge in [0.2, 0.25) is 0 Å². The van der Waals surface area contributed by atoms with E-state index in [1.807, 2.05) is 11.8 Å². The minimum absolute atomic E-state index is 0.464. The summed E-state index contributed by atoms with van der Waals surface area (Å²) in [4.78, 5) is 1.82. The molecule has 0 aromatic carbocycles. The summed E-state index contributed by atoms with van der Waals surface area (Å²) in [6, 6.07) is 0. The van der Waals surface area contributed by atoms with Crippen LogP contribution in [0.4, 0.5) is 4.39 Å². The Hall–Kier alpha value is -0.380. The number of nitrogens with one attached hydrogen (secondary N) is 1. The molecule has 0 unspecified atom stereocenters. The first-order chi connectivity index (χ1) is 4.74. The van der Waals surface area contributed by atoms with Crippen molar-refractivity contribution in [3.63, 3.8) is 0 Å². The van der Waals surface area contributed by atoms with Crippen molar-refractivity contribution in [3.05, 3.63) is 0 Å². The molecular formula is C6H11FN2S. The molecule has 1 rings (SSSR count). The third kappa shape index (κ3) is 1.56. The van der Waals surface area contributed by atoms with Crippen molar-refractivity contribution in [2.45, 2.75) is 13.1 Å². The zero-order valence-electron chi connectivity index (χ0n) is 5.93. The Kier molecular flexibility index (Phi) is 2.43. The first kappa shape index (κ1) is 7.72. The standard InChI is InChI=1S/C6H11FN2S/c1-2-8-6(10)9-3-5(7)4-9/h5H,2-4H2,1H3,(H,8,10). The van der Waals surface area contributed by atoms with Gasteiger partial charge < -0.3 is 10.2 Å². The second kappa shape index (κ2) is 3.14. The minimum Gasteiger partial charge on any atom is -0.363 e. The molecule has 0 aliphatic carbocycles. The van der Waals surface area contributed by atoms with E-state index in [-0.39, 0.29) is 0 Å². The van der Waals surface area contributed by atoms with Crippen LogP contribution in [0.2, 0.25) is 0 Å². The fourth-order valence-corrected chi connectivity index (χ4v) is 1.15. The number of nitrogens with zero attached hydrogens (tertiary/aromatic N) is 1. The van der Waals surface area contributed by atoms with Crippen LogP contribution in [0.3, 0.4) is 0 Å². The fraction of sp³-hybridized carbons (Fsp3) is 0.833. The van der Waals surface area contributed by atoms with Crippen LogP contribution in [0.15, 0.2) is 0 Å². The average Bonchev–Trinajstić information content (AvgIpc) is 1.82. The van der Waals surface area contributed by atoms with Gasteiger partial charge in [-0.3, -0.25) is 0 Å². The summed E-state index contributed by atoms with van der Waals surface area (Å²) < 4.78 is 12.2. The zero-order chi connectivity index (χ0) is 7.56. The van der Waals surface area contributed by atoms with Crippen molar-refractivity contribution in [1.82, 2.24) is 10.2 Å². The first-order valence-corrected chi connectivity index (χ1v) is 3.81. The van der Waals surface area contributed by atoms with E-state index in [0.717, 1.165) is 6.54 Å². The summed E-state index contributed by atoms with van der Waals surface area (Å²) in [6.45, 7) is 3.71. The summed E-state index contributed by atoms with van der Waals surface area (Å²) in [6.07, 6.45) is -0.670. The summed E-state index contributed by atoms with van der Waals surface area (Å²) in [5, 5.41) is 3.64. The van der Waals surface area contributed by atoms with Gasteiger partial charge in [-0.15, -0.1) is 0 Å². The van der Waals surface area contributed by atoms with Crippen molar-refractivity contribution < 1.29 is 4.39 Å². The molecule has 0 aromatic heterocycles. The SMILES string of the molecule is CCNC(=S)N1CC(F)C1. The molecule has 2 nitrogen and oxygen atoms in total. The van der Waals surface area contributed by atoms with Gasteiger partial charge in [-0.2, -0.15) is 0 Å². The van der Waals surface area contributed by atoms with Crippen LogP contribution in [-0.4, -0.2) is 35.8 Å². The third-order valence-corrected chi connectivity index (χ3v) is 1.85. The van der Waals surface area contributed by atoms with Crippen LogP contribution in [0, 0.1) is 0 Å². The first-order valence-electron chi connectivity index (χ1n) is 3.41. The molecule has 1 N–H and O–H groups in total. The fourth-order valence-electron chi connectivity index (χ4n) is 0.854. The summed E-state index contributed by atoms with van der Waals surface area (Å²) in [5.41, 5.74) is 0. The lowest BCUT2D eigenvalue weighted by molar-refractivity contribution is 0.130. The lowest BCUT2D eigenvalue weighted by Crippen LogP contribution is -2.54. The molecule has 4 heteroatoms. The number of likely N-dealkylation sites (tertiary alicyclic amines) is 1. The van der Waals surface area contributed by atoms with Crippen LogP contribution in [0.1, 0.15) is 6.92 Å². The Balaban J connectivity index is 2.18. The van der Waals surface area contributed by atoms with Gasteiger partial charge in [-0.1, -0.05) is 0 Å². The second-order valence-corrected chi connectivity index (χ2v) is 2.72. The zero-order valence-corrected chi connectivity index (χ0v) is 6.75. The molecule has 1 fully saturated rings. The van der Waals surface area contributed by atoms with Crippen LogP contribution >= 0.6 is 12.2 Å². The van der Waals surface area contributed by atoms with Crippen LogP contribution in [0.5, 0.6) is 0 Å². The molecule has 0 bridgehead atoms. The Bertz CT molecular complexity index is 134. The molecule has 1 aliphatic rings. The van der Waals surface area contributed by atoms with Gasteiger partial charge in [0.1, 0.15) is 6.17 Å². The van der Waals surface area contributed by atoms with Gasteiger partial charge in [-0.25, -0.2) is 4.39 Å². The van der Waals surface area contributed by atoms with E-state index in [1.165, 1.54) is 0 Å². The molecule has 0 spiro atoms. The highest BCUT2D eigenvalue weighted by atomic mass is 32.1. The molecule has 0 atom stereocenters. The molecule has 0 amide bonds. The van der Waals surface area contributed by atoms with Crippen molar-refractivity contribution >= 4 is 17.3 Å². The van der Waals surface area contributed by atoms with Crippen LogP contribution in [0.25, 0.3) is 0 Å². The average molecular weight is 162 g/mol. The second-order valence-electron chi connectivity index (χ2n) is 2.34. The van der Waals surface area contributed by atoms with Gasteiger partial charge in [-0.05, 0) is 19.1 Å². The number of alkyl halides is 1. The van der Waals surface area contributed by atoms with E-state index in [9.17, 15) is 4.39 Å². The van der Waals surface area contributed by atoms with Crippen molar-refractivity contribution in [1.29, 1.82) is 0 Å². The van der Waals surface area contributed by atoms with Gasteiger partial charge in [0.05, 0.1) is 13.1 Å². The molecule has 1 saturated heterocycles. The van der Waals surface area contributed by atoms with Crippen molar-refractivity contribution in [2.24, 2.45) is 0 Å². The normalized spacial score (nSPS) is 18.4. The molecule has 58 valence electrons. The molecular weight excluding hydrogens is 151 g/mol. The molecule has 1 aliphatic heterocycles. The van der Waals surface area contributed by atoms with Gasteiger partial charge in [0, 0.05) is 6.54 Å². The Morgan fingerprint density at radius 1 is 1.80 bits per heavy atom. The lowest BCUT2D eigenvalue weighted by Gasteiger charge is -2.36. The Morgan fingerprint density at radius 2 is 2.40 bits per heavy atom. The number of rotatable bonds is 1. The quantitative estimate of drug-likeness (QED) is 0.566. The monoisotopic (exact) mass is 162 g/mol. The van der Waals surface area contributed by atoms with E-state index in [4.69, 9.17) is 12.2 Å². The predicted molar refractivity (Wildman–Crippen MR) is 42.7 cm³/mol. The topological polar surface area (TPSA) is 15.3 Å². The molecule has 0 aromatic rings. The smallest absolute Gasteiger partial charge is 0.169 e. The predicted octanol–water partition coefficient (Wildman–Crippen LogP) is 0.535. The van der Waals surface area contributed by atoms with Crippen molar-refractivity contribution in [2.75, 3.05) is 19.6 Å². The minimum atomic E-state index is -0.670. The largest absolute Gasteiger partial charge is 0.363 e. The number of halogens is 1. The number of thiocarbonyl (C=S) groups is 1. The van der Waals surface area contributed by atoms with Gasteiger partial charge >= 0.3 is 0 Å². The van der Waals surface area contributed by atoms with Crippen molar-refractivity contribution in [3.8, 4) is 0 Å².